The molecule has 4 N–H and O–H groups in total. The molecule has 0 amide bonds. The van der Waals surface area contributed by atoms with Crippen molar-refractivity contribution in [2.75, 3.05) is 11.5 Å². The minimum atomic E-state index is 0.742. The molecular formula is C14H13N3. The van der Waals surface area contributed by atoms with Gasteiger partial charge in [0.2, 0.25) is 0 Å². The molecule has 2 aromatic carbocycles. The molecule has 3 nitrogen and oxygen atoms in total. The lowest BCUT2D eigenvalue weighted by Crippen LogP contribution is -1.87. The fourth-order valence-electron chi connectivity index (χ4n) is 2.39. The number of hydrogen-bond donors (Lipinski definition) is 2. The molecular weight excluding hydrogens is 210 g/mol. The Balaban J connectivity index is 2.73. The first-order valence-electron chi connectivity index (χ1n) is 5.43. The van der Waals surface area contributed by atoms with E-state index in [4.69, 9.17) is 11.5 Å². The average Bonchev–Trinajstić information content (AvgIpc) is 2.65. The summed E-state index contributed by atoms with van der Waals surface area (Å²) >= 11 is 0. The zero-order chi connectivity index (χ0) is 12.0. The van der Waals surface area contributed by atoms with Gasteiger partial charge in [-0.25, -0.2) is 0 Å². The van der Waals surface area contributed by atoms with Gasteiger partial charge in [0.05, 0.1) is 11.0 Å². The summed E-state index contributed by atoms with van der Waals surface area (Å²) in [5.74, 6) is 0. The highest BCUT2D eigenvalue weighted by Gasteiger charge is 2.12. The Morgan fingerprint density at radius 2 is 1.35 bits per heavy atom. The van der Waals surface area contributed by atoms with Crippen LogP contribution in [0.4, 0.5) is 11.4 Å². The van der Waals surface area contributed by atoms with Gasteiger partial charge >= 0.3 is 0 Å². The van der Waals surface area contributed by atoms with Crippen LogP contribution in [0.2, 0.25) is 0 Å². The average molecular weight is 223 g/mol. The van der Waals surface area contributed by atoms with Crippen molar-refractivity contribution in [1.29, 1.82) is 0 Å². The molecule has 0 aliphatic rings. The van der Waals surface area contributed by atoms with Crippen LogP contribution in [0.5, 0.6) is 0 Å². The highest BCUT2D eigenvalue weighted by atomic mass is 15.0. The highest BCUT2D eigenvalue weighted by molar-refractivity contribution is 6.18. The summed E-state index contributed by atoms with van der Waals surface area (Å²) in [6, 6.07) is 11.7. The number of fused-ring (bicyclic) bond motifs is 3. The molecule has 0 unspecified atom stereocenters. The molecule has 0 spiro atoms. The van der Waals surface area contributed by atoms with Gasteiger partial charge in [0.25, 0.3) is 0 Å². The van der Waals surface area contributed by atoms with Gasteiger partial charge in [-0.3, -0.25) is 0 Å². The van der Waals surface area contributed by atoms with Crippen molar-refractivity contribution >= 4 is 39.4 Å². The van der Waals surface area contributed by atoms with Gasteiger partial charge in [-0.05, 0) is 24.3 Å². The number of nitrogens with zero attached hydrogens (tertiary/aromatic N) is 1. The molecule has 0 bridgehead atoms. The van der Waals surface area contributed by atoms with Crippen molar-refractivity contribution in [3.05, 3.63) is 43.0 Å². The van der Waals surface area contributed by atoms with Crippen LogP contribution in [0.15, 0.2) is 43.0 Å². The van der Waals surface area contributed by atoms with Crippen molar-refractivity contribution in [2.45, 2.75) is 0 Å². The Kier molecular flexibility index (Phi) is 1.89. The Bertz CT molecular complexity index is 679. The standard InChI is InChI=1S/C14H13N3/c1-2-17-11-7-3-5-9(15)13(11)14-10(16)6-4-8-12(14)17/h2-8H,1,15-16H2. The molecule has 0 saturated carbocycles. The van der Waals surface area contributed by atoms with Crippen LogP contribution in [0, 0.1) is 0 Å². The fourth-order valence-corrected chi connectivity index (χ4v) is 2.39. The smallest absolute Gasteiger partial charge is 0.0556 e. The minimum absolute atomic E-state index is 0.742. The molecule has 3 aromatic rings. The van der Waals surface area contributed by atoms with Crippen LogP contribution in [-0.2, 0) is 0 Å². The maximum Gasteiger partial charge on any atom is 0.0556 e. The highest BCUT2D eigenvalue weighted by Crippen LogP contribution is 2.36. The van der Waals surface area contributed by atoms with E-state index in [1.165, 1.54) is 0 Å². The molecule has 1 aromatic heterocycles. The number of aromatic nitrogens is 1. The number of anilines is 2. The van der Waals surface area contributed by atoms with E-state index in [1.54, 1.807) is 6.20 Å². The quantitative estimate of drug-likeness (QED) is 0.623. The Hall–Kier alpha value is -2.42. The van der Waals surface area contributed by atoms with Crippen LogP contribution < -0.4 is 11.5 Å². The Morgan fingerprint density at radius 3 is 1.76 bits per heavy atom. The lowest BCUT2D eigenvalue weighted by molar-refractivity contribution is 1.30. The molecule has 0 aliphatic heterocycles. The summed E-state index contributed by atoms with van der Waals surface area (Å²) in [4.78, 5) is 0. The molecule has 0 saturated heterocycles. The van der Waals surface area contributed by atoms with Crippen LogP contribution in [-0.4, -0.2) is 4.57 Å². The maximum atomic E-state index is 6.06. The van der Waals surface area contributed by atoms with E-state index in [-0.39, 0.29) is 0 Å². The van der Waals surface area contributed by atoms with E-state index in [0.29, 0.717) is 0 Å². The lowest BCUT2D eigenvalue weighted by Gasteiger charge is -1.99. The topological polar surface area (TPSA) is 57.0 Å². The monoisotopic (exact) mass is 223 g/mol. The summed E-state index contributed by atoms with van der Waals surface area (Å²) in [6.07, 6.45) is 1.78. The fraction of sp³-hybridized carbons (Fsp3) is 0. The Labute approximate surface area is 98.9 Å². The third-order valence-electron chi connectivity index (χ3n) is 3.10. The van der Waals surface area contributed by atoms with Crippen molar-refractivity contribution in [3.63, 3.8) is 0 Å². The van der Waals surface area contributed by atoms with Crippen molar-refractivity contribution < 1.29 is 0 Å². The molecule has 84 valence electrons. The van der Waals surface area contributed by atoms with Crippen molar-refractivity contribution in [3.8, 4) is 0 Å². The SMILES string of the molecule is C=Cn1c2cccc(N)c2c2c(N)cccc21. The zero-order valence-corrected chi connectivity index (χ0v) is 9.35. The van der Waals surface area contributed by atoms with Crippen LogP contribution in [0.25, 0.3) is 28.0 Å². The van der Waals surface area contributed by atoms with E-state index in [9.17, 15) is 0 Å². The number of hydrogen-bond acceptors (Lipinski definition) is 2. The molecule has 0 radical (unpaired) electrons. The summed E-state index contributed by atoms with van der Waals surface area (Å²) < 4.78 is 2.01. The predicted octanol–water partition coefficient (Wildman–Crippen LogP) is 3.06. The third-order valence-corrected chi connectivity index (χ3v) is 3.10. The van der Waals surface area contributed by atoms with E-state index in [1.807, 2.05) is 41.0 Å². The number of benzene rings is 2. The van der Waals surface area contributed by atoms with Gasteiger partial charge in [0.15, 0.2) is 0 Å². The Morgan fingerprint density at radius 1 is 0.882 bits per heavy atom. The van der Waals surface area contributed by atoms with Crippen LogP contribution in [0.1, 0.15) is 0 Å². The lowest BCUT2D eigenvalue weighted by atomic mass is 10.1. The van der Waals surface area contributed by atoms with E-state index in [0.717, 1.165) is 33.2 Å². The second kappa shape index (κ2) is 3.28. The molecule has 1 heterocycles. The summed E-state index contributed by atoms with van der Waals surface area (Å²) in [5, 5.41) is 2.00. The molecule has 0 atom stereocenters. The molecule has 3 heteroatoms. The normalized spacial score (nSPS) is 11.1. The van der Waals surface area contributed by atoms with Crippen LogP contribution in [0.3, 0.4) is 0 Å². The largest absolute Gasteiger partial charge is 0.398 e. The molecule has 0 aliphatic carbocycles. The minimum Gasteiger partial charge on any atom is -0.398 e. The third kappa shape index (κ3) is 1.16. The van der Waals surface area contributed by atoms with Gasteiger partial charge < -0.3 is 16.0 Å². The van der Waals surface area contributed by atoms with Gasteiger partial charge in [-0.15, -0.1) is 0 Å². The van der Waals surface area contributed by atoms with Gasteiger partial charge in [-0.2, -0.15) is 0 Å². The number of rotatable bonds is 1. The number of nitrogens with two attached hydrogens (primary N) is 2. The molecule has 0 fully saturated rings. The first-order valence-corrected chi connectivity index (χ1v) is 5.43. The predicted molar refractivity (Wildman–Crippen MR) is 74.7 cm³/mol. The van der Waals surface area contributed by atoms with E-state index in [2.05, 4.69) is 6.58 Å². The second-order valence-electron chi connectivity index (χ2n) is 4.04. The summed E-state index contributed by atoms with van der Waals surface area (Å²) in [5.41, 5.74) is 15.7. The second-order valence-corrected chi connectivity index (χ2v) is 4.04. The van der Waals surface area contributed by atoms with Crippen LogP contribution >= 0.6 is 0 Å². The van der Waals surface area contributed by atoms with Crippen molar-refractivity contribution in [1.82, 2.24) is 4.57 Å². The number of nitrogen functional groups attached to an aromatic ring is 2. The van der Waals surface area contributed by atoms with Gasteiger partial charge in [-0.1, -0.05) is 18.7 Å². The molecule has 17 heavy (non-hydrogen) atoms. The first-order chi connectivity index (χ1) is 8.24. The summed E-state index contributed by atoms with van der Waals surface area (Å²) in [7, 11) is 0. The van der Waals surface area contributed by atoms with Crippen molar-refractivity contribution in [2.24, 2.45) is 0 Å². The summed E-state index contributed by atoms with van der Waals surface area (Å²) in [6.45, 7) is 3.84. The van der Waals surface area contributed by atoms with Gasteiger partial charge in [0.1, 0.15) is 0 Å². The van der Waals surface area contributed by atoms with E-state index >= 15 is 0 Å². The molecule has 3 rings (SSSR count). The first kappa shape index (κ1) is 9.78. The van der Waals surface area contributed by atoms with E-state index < -0.39 is 0 Å². The van der Waals surface area contributed by atoms with Gasteiger partial charge in [0, 0.05) is 28.3 Å². The zero-order valence-electron chi connectivity index (χ0n) is 9.35. The maximum absolute atomic E-state index is 6.06.